The number of esters is 3. The summed E-state index contributed by atoms with van der Waals surface area (Å²) >= 11 is 0. The van der Waals surface area contributed by atoms with Gasteiger partial charge in [-0.15, -0.1) is 0 Å². The largest absolute Gasteiger partial charge is 0.462 e. The van der Waals surface area contributed by atoms with Gasteiger partial charge in [0.15, 0.2) is 6.10 Å². The Morgan fingerprint density at radius 3 is 0.722 bits per heavy atom. The van der Waals surface area contributed by atoms with Gasteiger partial charge in [-0.05, 0) is 83.5 Å². The summed E-state index contributed by atoms with van der Waals surface area (Å²) < 4.78 is 16.8. The molecule has 0 aliphatic heterocycles. The molecule has 6 nitrogen and oxygen atoms in total. The van der Waals surface area contributed by atoms with Crippen LogP contribution in [0.25, 0.3) is 0 Å². The quantitative estimate of drug-likeness (QED) is 0.0261. The molecule has 0 amide bonds. The highest BCUT2D eigenvalue weighted by Gasteiger charge is 2.19. The van der Waals surface area contributed by atoms with Crippen molar-refractivity contribution in [3.05, 3.63) is 48.6 Å². The van der Waals surface area contributed by atoms with Gasteiger partial charge in [-0.1, -0.05) is 326 Å². The Morgan fingerprint density at radius 2 is 0.456 bits per heavy atom. The van der Waals surface area contributed by atoms with Gasteiger partial charge >= 0.3 is 17.9 Å². The predicted molar refractivity (Wildman–Crippen MR) is 344 cm³/mol. The topological polar surface area (TPSA) is 78.9 Å². The van der Waals surface area contributed by atoms with Gasteiger partial charge in [0.25, 0.3) is 0 Å². The summed E-state index contributed by atoms with van der Waals surface area (Å²) in [6.07, 6.45) is 86.3. The number of rotatable bonds is 65. The molecule has 0 aromatic heterocycles. The van der Waals surface area contributed by atoms with Crippen LogP contribution in [0.1, 0.15) is 380 Å². The lowest BCUT2D eigenvalue weighted by molar-refractivity contribution is -0.167. The third-order valence-electron chi connectivity index (χ3n) is 15.8. The van der Waals surface area contributed by atoms with Gasteiger partial charge < -0.3 is 14.2 Å². The third-order valence-corrected chi connectivity index (χ3v) is 15.8. The third kappa shape index (κ3) is 66.1. The second-order valence-electron chi connectivity index (χ2n) is 23.8. The smallest absolute Gasteiger partial charge is 0.306 e. The van der Waals surface area contributed by atoms with Gasteiger partial charge in [0.05, 0.1) is 0 Å². The normalized spacial score (nSPS) is 12.3. The number of hydrogen-bond acceptors (Lipinski definition) is 6. The monoisotopic (exact) mass is 1110 g/mol. The fourth-order valence-electron chi connectivity index (χ4n) is 10.5. The minimum atomic E-state index is -0.768. The van der Waals surface area contributed by atoms with Crippen molar-refractivity contribution in [3.63, 3.8) is 0 Å². The first kappa shape index (κ1) is 76.4. The zero-order valence-electron chi connectivity index (χ0n) is 53.2. The second kappa shape index (κ2) is 67.9. The van der Waals surface area contributed by atoms with Crippen LogP contribution in [-0.2, 0) is 28.6 Å². The maximum Gasteiger partial charge on any atom is 0.306 e. The molecule has 462 valence electrons. The Labute approximate surface area is 492 Å². The fraction of sp³-hybridized carbons (Fsp3) is 0.849. The van der Waals surface area contributed by atoms with Crippen LogP contribution in [0.5, 0.6) is 0 Å². The molecule has 0 radical (unpaired) electrons. The van der Waals surface area contributed by atoms with Crippen molar-refractivity contribution in [3.8, 4) is 0 Å². The van der Waals surface area contributed by atoms with Crippen LogP contribution in [0, 0.1) is 0 Å². The average molecular weight is 1110 g/mol. The SMILES string of the molecule is CCCCCCC/C=C\C/C=C\C/C=C\CCCCCCCCCCCCCCCCCCC(=O)OCC(COC(=O)CCCCCCC)OC(=O)CCCCCCCCCCCCCCC/C=C\CCCCCCCCCC. The number of carbonyl (C=O) groups is 3. The summed E-state index contributed by atoms with van der Waals surface area (Å²) in [4.78, 5) is 38.0. The standard InChI is InChI=1S/C73H134O6/c1-4-7-10-13-15-17-19-21-23-25-27-29-31-33-34-35-36-37-38-40-41-43-45-47-49-51-53-55-57-60-63-66-72(75)78-69-70(68-77-71(74)65-62-59-12-9-6-3)79-73(76)67-64-61-58-56-54-52-50-48-46-44-42-39-32-30-28-26-24-22-20-18-16-14-11-8-5-2/h19,21,25-28,31,33,70H,4-18,20,22-24,29-30,32,34-69H2,1-3H3/b21-19-,27-25-,28-26-,33-31-. The van der Waals surface area contributed by atoms with E-state index in [2.05, 4.69) is 69.4 Å². The van der Waals surface area contributed by atoms with E-state index in [4.69, 9.17) is 14.2 Å². The Morgan fingerprint density at radius 1 is 0.253 bits per heavy atom. The van der Waals surface area contributed by atoms with Crippen molar-refractivity contribution in [2.75, 3.05) is 13.2 Å². The minimum Gasteiger partial charge on any atom is -0.462 e. The van der Waals surface area contributed by atoms with Gasteiger partial charge in [0.1, 0.15) is 13.2 Å². The van der Waals surface area contributed by atoms with E-state index < -0.39 is 6.10 Å². The molecule has 0 heterocycles. The van der Waals surface area contributed by atoms with Gasteiger partial charge in [0.2, 0.25) is 0 Å². The molecular formula is C73H134O6. The number of unbranched alkanes of at least 4 members (excludes halogenated alkanes) is 46. The van der Waals surface area contributed by atoms with E-state index >= 15 is 0 Å². The molecule has 0 aromatic carbocycles. The fourth-order valence-corrected chi connectivity index (χ4v) is 10.5. The molecular weight excluding hydrogens is 973 g/mol. The second-order valence-corrected chi connectivity index (χ2v) is 23.8. The van der Waals surface area contributed by atoms with Gasteiger partial charge in [0, 0.05) is 19.3 Å². The number of ether oxygens (including phenoxy) is 3. The maximum absolute atomic E-state index is 12.9. The molecule has 1 atom stereocenters. The molecule has 0 aromatic rings. The summed E-state index contributed by atoms with van der Waals surface area (Å²) in [7, 11) is 0. The molecule has 0 fully saturated rings. The molecule has 0 N–H and O–H groups in total. The molecule has 0 spiro atoms. The van der Waals surface area contributed by atoms with Crippen molar-refractivity contribution >= 4 is 17.9 Å². The van der Waals surface area contributed by atoms with Crippen LogP contribution in [0.4, 0.5) is 0 Å². The Kier molecular flexibility index (Phi) is 65.6. The number of carbonyl (C=O) groups excluding carboxylic acids is 3. The summed E-state index contributed by atoms with van der Waals surface area (Å²) in [6.45, 7) is 6.60. The van der Waals surface area contributed by atoms with Crippen molar-refractivity contribution < 1.29 is 28.6 Å². The summed E-state index contributed by atoms with van der Waals surface area (Å²) in [6, 6.07) is 0. The average Bonchev–Trinajstić information content (AvgIpc) is 3.45. The lowest BCUT2D eigenvalue weighted by Crippen LogP contribution is -2.30. The van der Waals surface area contributed by atoms with E-state index in [-0.39, 0.29) is 31.1 Å². The Balaban J connectivity index is 3.94. The summed E-state index contributed by atoms with van der Waals surface area (Å²) in [5.41, 5.74) is 0. The van der Waals surface area contributed by atoms with Crippen molar-refractivity contribution in [1.29, 1.82) is 0 Å². The van der Waals surface area contributed by atoms with Crippen LogP contribution >= 0.6 is 0 Å². The van der Waals surface area contributed by atoms with E-state index in [9.17, 15) is 14.4 Å². The van der Waals surface area contributed by atoms with Gasteiger partial charge in [-0.25, -0.2) is 0 Å². The highest BCUT2D eigenvalue weighted by atomic mass is 16.6. The first-order valence-corrected chi connectivity index (χ1v) is 35.1. The molecule has 79 heavy (non-hydrogen) atoms. The molecule has 0 rings (SSSR count). The van der Waals surface area contributed by atoms with E-state index in [0.29, 0.717) is 19.3 Å². The van der Waals surface area contributed by atoms with E-state index in [1.807, 2.05) is 0 Å². The van der Waals surface area contributed by atoms with Crippen molar-refractivity contribution in [1.82, 2.24) is 0 Å². The molecule has 0 aliphatic carbocycles. The molecule has 1 unspecified atom stereocenters. The number of allylic oxidation sites excluding steroid dienone is 8. The van der Waals surface area contributed by atoms with Crippen LogP contribution < -0.4 is 0 Å². The summed E-state index contributed by atoms with van der Waals surface area (Å²) in [5, 5.41) is 0. The van der Waals surface area contributed by atoms with Crippen LogP contribution in [0.2, 0.25) is 0 Å². The lowest BCUT2D eigenvalue weighted by atomic mass is 10.0. The molecule has 0 aliphatic rings. The minimum absolute atomic E-state index is 0.0692. The van der Waals surface area contributed by atoms with Crippen LogP contribution in [-0.4, -0.2) is 37.2 Å². The van der Waals surface area contributed by atoms with E-state index in [1.54, 1.807) is 0 Å². The van der Waals surface area contributed by atoms with E-state index in [1.165, 1.54) is 263 Å². The van der Waals surface area contributed by atoms with Crippen molar-refractivity contribution in [2.45, 2.75) is 386 Å². The van der Waals surface area contributed by atoms with Crippen molar-refractivity contribution in [2.24, 2.45) is 0 Å². The summed E-state index contributed by atoms with van der Waals surface area (Å²) in [5.74, 6) is -0.862. The molecule has 6 heteroatoms. The highest BCUT2D eigenvalue weighted by molar-refractivity contribution is 5.71. The van der Waals surface area contributed by atoms with Gasteiger partial charge in [-0.2, -0.15) is 0 Å². The molecule has 0 saturated carbocycles. The first-order valence-electron chi connectivity index (χ1n) is 35.1. The van der Waals surface area contributed by atoms with Crippen LogP contribution in [0.15, 0.2) is 48.6 Å². The Bertz CT molecular complexity index is 1360. The number of hydrogen-bond donors (Lipinski definition) is 0. The predicted octanol–water partition coefficient (Wildman–Crippen LogP) is 24.1. The Hall–Kier alpha value is -2.63. The van der Waals surface area contributed by atoms with E-state index in [0.717, 1.165) is 77.0 Å². The zero-order chi connectivity index (χ0) is 57.1. The lowest BCUT2D eigenvalue weighted by Gasteiger charge is -2.18. The zero-order valence-corrected chi connectivity index (χ0v) is 53.2. The van der Waals surface area contributed by atoms with Gasteiger partial charge in [-0.3, -0.25) is 14.4 Å². The molecule has 0 saturated heterocycles. The highest BCUT2D eigenvalue weighted by Crippen LogP contribution is 2.18. The molecule has 0 bridgehead atoms. The maximum atomic E-state index is 12.9. The van der Waals surface area contributed by atoms with Crippen LogP contribution in [0.3, 0.4) is 0 Å². The first-order chi connectivity index (χ1) is 39.0.